The molecule has 4 nitrogen and oxygen atoms in total. The second-order valence-electron chi connectivity index (χ2n) is 4.53. The van der Waals surface area contributed by atoms with Gasteiger partial charge in [0.15, 0.2) is 0 Å². The number of aliphatic hydroxyl groups excluding tert-OH is 1. The Morgan fingerprint density at radius 2 is 2.33 bits per heavy atom. The Hall–Kier alpha value is -1.49. The quantitative estimate of drug-likeness (QED) is 0.813. The molecule has 0 bridgehead atoms. The lowest BCUT2D eigenvalue weighted by Crippen LogP contribution is -2.42. The highest BCUT2D eigenvalue weighted by molar-refractivity contribution is 5.94. The molecule has 0 aromatic carbocycles. The van der Waals surface area contributed by atoms with Crippen molar-refractivity contribution in [1.82, 2.24) is 9.88 Å². The monoisotopic (exact) mass is 252 g/mol. The van der Waals surface area contributed by atoms with Crippen LogP contribution in [0.4, 0.5) is 4.39 Å². The Morgan fingerprint density at radius 3 is 3.06 bits per heavy atom. The molecule has 1 saturated heterocycles. The number of nitrogens with zero attached hydrogens (tertiary/aromatic N) is 2. The third kappa shape index (κ3) is 2.67. The summed E-state index contributed by atoms with van der Waals surface area (Å²) in [5, 5.41) is 9.35. The Labute approximate surface area is 105 Å². The van der Waals surface area contributed by atoms with Gasteiger partial charge >= 0.3 is 0 Å². The zero-order valence-corrected chi connectivity index (χ0v) is 10.2. The zero-order chi connectivity index (χ0) is 13.0. The topological polar surface area (TPSA) is 53.4 Å². The van der Waals surface area contributed by atoms with E-state index >= 15 is 0 Å². The summed E-state index contributed by atoms with van der Waals surface area (Å²) in [6.45, 7) is 0.492. The standard InChI is InChI=1S/C13H17FN2O2/c14-12-11(6-4-7-15-12)13(18)16-8-3-1-2-5-10(16)9-17/h4,6-7,10,17H,1-3,5,8-9H2. The van der Waals surface area contributed by atoms with Gasteiger partial charge < -0.3 is 10.0 Å². The average molecular weight is 252 g/mol. The van der Waals surface area contributed by atoms with E-state index in [1.807, 2.05) is 0 Å². The van der Waals surface area contributed by atoms with Crippen molar-refractivity contribution in [3.63, 3.8) is 0 Å². The van der Waals surface area contributed by atoms with Gasteiger partial charge in [-0.3, -0.25) is 4.79 Å². The predicted octanol–water partition coefficient (Wildman–Crippen LogP) is 1.60. The fraction of sp³-hybridized carbons (Fsp3) is 0.538. The van der Waals surface area contributed by atoms with Crippen molar-refractivity contribution in [1.29, 1.82) is 0 Å². The first-order valence-corrected chi connectivity index (χ1v) is 6.26. The normalized spacial score (nSPS) is 20.6. The molecule has 1 aliphatic heterocycles. The molecule has 1 fully saturated rings. The smallest absolute Gasteiger partial charge is 0.258 e. The molecule has 1 unspecified atom stereocenters. The van der Waals surface area contributed by atoms with E-state index in [0.717, 1.165) is 25.7 Å². The lowest BCUT2D eigenvalue weighted by Gasteiger charge is -2.28. The van der Waals surface area contributed by atoms with Crippen LogP contribution in [0.3, 0.4) is 0 Å². The van der Waals surface area contributed by atoms with Crippen molar-refractivity contribution in [3.05, 3.63) is 29.8 Å². The number of aromatic nitrogens is 1. The number of likely N-dealkylation sites (tertiary alicyclic amines) is 1. The zero-order valence-electron chi connectivity index (χ0n) is 10.2. The molecule has 98 valence electrons. The number of carbonyl (C=O) groups excluding carboxylic acids is 1. The van der Waals surface area contributed by atoms with E-state index in [1.54, 1.807) is 11.0 Å². The predicted molar refractivity (Wildman–Crippen MR) is 64.6 cm³/mol. The van der Waals surface area contributed by atoms with Gasteiger partial charge in [-0.25, -0.2) is 4.98 Å². The fourth-order valence-electron chi connectivity index (χ4n) is 2.33. The van der Waals surface area contributed by atoms with Gasteiger partial charge in [0.1, 0.15) is 0 Å². The maximum Gasteiger partial charge on any atom is 0.258 e. The molecule has 18 heavy (non-hydrogen) atoms. The number of amides is 1. The van der Waals surface area contributed by atoms with Crippen LogP contribution in [-0.2, 0) is 0 Å². The Balaban J connectivity index is 2.23. The first kappa shape index (κ1) is 13.0. The van der Waals surface area contributed by atoms with Crippen molar-refractivity contribution >= 4 is 5.91 Å². The van der Waals surface area contributed by atoms with Crippen LogP contribution in [0, 0.1) is 5.95 Å². The summed E-state index contributed by atoms with van der Waals surface area (Å²) in [5.74, 6) is -1.12. The second kappa shape index (κ2) is 5.91. The molecule has 2 heterocycles. The van der Waals surface area contributed by atoms with Crippen LogP contribution < -0.4 is 0 Å². The molecule has 1 amide bonds. The van der Waals surface area contributed by atoms with Crippen molar-refractivity contribution in [2.24, 2.45) is 0 Å². The van der Waals surface area contributed by atoms with E-state index in [9.17, 15) is 14.3 Å². The number of rotatable bonds is 2. The van der Waals surface area contributed by atoms with E-state index in [4.69, 9.17) is 0 Å². The van der Waals surface area contributed by atoms with E-state index < -0.39 is 5.95 Å². The van der Waals surface area contributed by atoms with Gasteiger partial charge in [0.05, 0.1) is 18.2 Å². The Kier molecular flexibility index (Phi) is 4.25. The summed E-state index contributed by atoms with van der Waals surface area (Å²) < 4.78 is 13.5. The summed E-state index contributed by atoms with van der Waals surface area (Å²) in [4.78, 5) is 17.3. The van der Waals surface area contributed by atoms with Gasteiger partial charge in [0.2, 0.25) is 5.95 Å². The minimum Gasteiger partial charge on any atom is -0.394 e. The van der Waals surface area contributed by atoms with Gasteiger partial charge in [-0.15, -0.1) is 0 Å². The molecule has 5 heteroatoms. The van der Waals surface area contributed by atoms with Gasteiger partial charge in [-0.05, 0) is 25.0 Å². The highest BCUT2D eigenvalue weighted by Crippen LogP contribution is 2.19. The first-order chi connectivity index (χ1) is 8.74. The van der Waals surface area contributed by atoms with Gasteiger partial charge in [-0.1, -0.05) is 12.8 Å². The Morgan fingerprint density at radius 1 is 1.50 bits per heavy atom. The number of hydrogen-bond acceptors (Lipinski definition) is 3. The van der Waals surface area contributed by atoms with Gasteiger partial charge in [0, 0.05) is 12.7 Å². The van der Waals surface area contributed by atoms with Gasteiger partial charge in [-0.2, -0.15) is 4.39 Å². The third-order valence-corrected chi connectivity index (χ3v) is 3.34. The van der Waals surface area contributed by atoms with Crippen LogP contribution in [0.1, 0.15) is 36.0 Å². The fourth-order valence-corrected chi connectivity index (χ4v) is 2.33. The van der Waals surface area contributed by atoms with Crippen molar-refractivity contribution in [2.45, 2.75) is 31.7 Å². The van der Waals surface area contributed by atoms with E-state index in [-0.39, 0.29) is 24.1 Å². The minimum absolute atomic E-state index is 0.0159. The molecule has 1 aromatic rings. The second-order valence-corrected chi connectivity index (χ2v) is 4.53. The molecule has 1 N–H and O–H groups in total. The molecule has 0 spiro atoms. The van der Waals surface area contributed by atoms with Crippen LogP contribution >= 0.6 is 0 Å². The lowest BCUT2D eigenvalue weighted by molar-refractivity contribution is 0.0594. The van der Waals surface area contributed by atoms with Crippen LogP contribution in [0.15, 0.2) is 18.3 Å². The summed E-state index contributed by atoms with van der Waals surface area (Å²) in [7, 11) is 0. The maximum absolute atomic E-state index is 13.5. The number of pyridine rings is 1. The molecular formula is C13H17FN2O2. The number of aliphatic hydroxyl groups is 1. The molecule has 1 aromatic heterocycles. The molecule has 1 aliphatic rings. The van der Waals surface area contributed by atoms with E-state index in [0.29, 0.717) is 6.54 Å². The molecule has 0 saturated carbocycles. The van der Waals surface area contributed by atoms with Crippen molar-refractivity contribution < 1.29 is 14.3 Å². The largest absolute Gasteiger partial charge is 0.394 e. The number of carbonyl (C=O) groups is 1. The summed E-state index contributed by atoms with van der Waals surface area (Å²) in [6.07, 6.45) is 5.01. The van der Waals surface area contributed by atoms with E-state index in [1.165, 1.54) is 12.3 Å². The average Bonchev–Trinajstić information content (AvgIpc) is 2.63. The number of halogens is 1. The lowest BCUT2D eigenvalue weighted by atomic mass is 10.1. The van der Waals surface area contributed by atoms with Crippen LogP contribution in [0.5, 0.6) is 0 Å². The maximum atomic E-state index is 13.5. The minimum atomic E-state index is -0.747. The SMILES string of the molecule is O=C(c1cccnc1F)N1CCCCCC1CO. The summed E-state index contributed by atoms with van der Waals surface area (Å²) >= 11 is 0. The molecule has 1 atom stereocenters. The molecular weight excluding hydrogens is 235 g/mol. The third-order valence-electron chi connectivity index (χ3n) is 3.34. The summed E-state index contributed by atoms with van der Waals surface area (Å²) in [5.41, 5.74) is -0.0159. The molecule has 2 rings (SSSR count). The van der Waals surface area contributed by atoms with Crippen LogP contribution in [0.2, 0.25) is 0 Å². The van der Waals surface area contributed by atoms with Crippen LogP contribution in [-0.4, -0.2) is 40.1 Å². The van der Waals surface area contributed by atoms with Crippen LogP contribution in [0.25, 0.3) is 0 Å². The highest BCUT2D eigenvalue weighted by atomic mass is 19.1. The highest BCUT2D eigenvalue weighted by Gasteiger charge is 2.27. The first-order valence-electron chi connectivity index (χ1n) is 6.26. The molecule has 0 aliphatic carbocycles. The van der Waals surface area contributed by atoms with Gasteiger partial charge in [0.25, 0.3) is 5.91 Å². The Bertz CT molecular complexity index is 425. The molecule has 0 radical (unpaired) electrons. The van der Waals surface area contributed by atoms with E-state index in [2.05, 4.69) is 4.98 Å². The van der Waals surface area contributed by atoms with Crippen molar-refractivity contribution in [3.8, 4) is 0 Å². The summed E-state index contributed by atoms with van der Waals surface area (Å²) in [6, 6.07) is 2.77. The van der Waals surface area contributed by atoms with Crippen molar-refractivity contribution in [2.75, 3.05) is 13.2 Å². The number of hydrogen-bond donors (Lipinski definition) is 1.